The smallest absolute Gasteiger partial charge is 0.283 e. The zero-order valence-electron chi connectivity index (χ0n) is 20.7. The highest BCUT2D eigenvalue weighted by atomic mass is 32.2. The van der Waals surface area contributed by atoms with E-state index in [-0.39, 0.29) is 16.4 Å². The first-order valence-corrected chi connectivity index (χ1v) is 13.8. The summed E-state index contributed by atoms with van der Waals surface area (Å²) in [7, 11) is 0. The Morgan fingerprint density at radius 3 is 2.74 bits per heavy atom. The van der Waals surface area contributed by atoms with E-state index in [2.05, 4.69) is 10.3 Å². The van der Waals surface area contributed by atoms with E-state index in [1.807, 2.05) is 38.1 Å². The summed E-state index contributed by atoms with van der Waals surface area (Å²) in [5, 5.41) is 14.4. The second-order valence-electron chi connectivity index (χ2n) is 8.43. The molecule has 1 fully saturated rings. The van der Waals surface area contributed by atoms with Crippen LogP contribution in [0.1, 0.15) is 18.1 Å². The highest BCUT2D eigenvalue weighted by Gasteiger charge is 2.34. The van der Waals surface area contributed by atoms with Crippen LogP contribution in [0.25, 0.3) is 16.3 Å². The fourth-order valence-corrected chi connectivity index (χ4v) is 6.37. The molecule has 2 amide bonds. The van der Waals surface area contributed by atoms with Gasteiger partial charge < -0.3 is 4.74 Å². The third-order valence-electron chi connectivity index (χ3n) is 5.70. The third-order valence-corrected chi connectivity index (χ3v) is 8.13. The molecule has 196 valence electrons. The monoisotopic (exact) mass is 576 g/mol. The van der Waals surface area contributed by atoms with Crippen molar-refractivity contribution in [2.75, 3.05) is 11.5 Å². The molecule has 1 saturated heterocycles. The quantitative estimate of drug-likeness (QED) is 0.0952. The summed E-state index contributed by atoms with van der Waals surface area (Å²) in [4.78, 5) is 43.6. The number of aryl methyl sites for hydroxylation is 1. The normalized spacial score (nSPS) is 14.7. The number of carbonyl (C=O) groups is 2. The van der Waals surface area contributed by atoms with Crippen LogP contribution >= 0.6 is 35.3 Å². The minimum atomic E-state index is -0.670. The molecule has 0 spiro atoms. The lowest BCUT2D eigenvalue weighted by atomic mass is 10.1. The van der Waals surface area contributed by atoms with Crippen LogP contribution in [0.5, 0.6) is 5.75 Å². The molecule has 0 atom stereocenters. The van der Waals surface area contributed by atoms with Crippen LogP contribution in [0.3, 0.4) is 0 Å². The number of hydrogen-bond acceptors (Lipinski definition) is 9. The summed E-state index contributed by atoms with van der Waals surface area (Å²) >= 11 is 7.83. The molecule has 0 bridgehead atoms. The summed E-state index contributed by atoms with van der Waals surface area (Å²) in [5.74, 6) is -0.552. The van der Waals surface area contributed by atoms with Gasteiger partial charge in [0.25, 0.3) is 17.5 Å². The lowest BCUT2D eigenvalue weighted by molar-refractivity contribution is -0.387. The van der Waals surface area contributed by atoms with E-state index in [4.69, 9.17) is 17.0 Å². The van der Waals surface area contributed by atoms with Crippen molar-refractivity contribution in [2.24, 2.45) is 0 Å². The molecule has 1 aliphatic rings. The summed E-state index contributed by atoms with van der Waals surface area (Å²) in [6, 6.07) is 17.3. The highest BCUT2D eigenvalue weighted by Crippen LogP contribution is 2.40. The van der Waals surface area contributed by atoms with E-state index >= 15 is 0 Å². The summed E-state index contributed by atoms with van der Waals surface area (Å²) in [6.07, 6.45) is 1.33. The molecule has 9 nitrogen and oxygen atoms in total. The Labute approximate surface area is 236 Å². The molecule has 2 heterocycles. The molecular formula is C27H20N4O5S3. The average molecular weight is 577 g/mol. The molecule has 12 heteroatoms. The average Bonchev–Trinajstić information content (AvgIpc) is 3.29. The van der Waals surface area contributed by atoms with Gasteiger partial charge in [-0.1, -0.05) is 30.0 Å². The van der Waals surface area contributed by atoms with Crippen LogP contribution in [0.15, 0.2) is 75.5 Å². The molecule has 0 aliphatic carbocycles. The van der Waals surface area contributed by atoms with Crippen molar-refractivity contribution in [3.05, 3.63) is 87.5 Å². The number of thiocarbonyl (C=S) groups is 1. The first kappa shape index (κ1) is 26.5. The largest absolute Gasteiger partial charge is 0.494 e. The van der Waals surface area contributed by atoms with Gasteiger partial charge in [0.1, 0.15) is 11.3 Å². The minimum absolute atomic E-state index is 0.0327. The number of rotatable bonds is 7. The highest BCUT2D eigenvalue weighted by molar-refractivity contribution is 8.01. The zero-order valence-corrected chi connectivity index (χ0v) is 23.1. The number of anilines is 1. The number of hydrogen-bond donors (Lipinski definition) is 1. The summed E-state index contributed by atoms with van der Waals surface area (Å²) in [5.41, 5.74) is 2.17. The number of aromatic nitrogens is 1. The van der Waals surface area contributed by atoms with Crippen LogP contribution in [-0.2, 0) is 9.59 Å². The van der Waals surface area contributed by atoms with Crippen LogP contribution in [0.2, 0.25) is 0 Å². The third kappa shape index (κ3) is 5.53. The van der Waals surface area contributed by atoms with Gasteiger partial charge in [0.05, 0.1) is 32.3 Å². The van der Waals surface area contributed by atoms with Gasteiger partial charge >= 0.3 is 0 Å². The van der Waals surface area contributed by atoms with E-state index in [1.165, 1.54) is 40.1 Å². The lowest BCUT2D eigenvalue weighted by Gasteiger charge is -2.29. The van der Waals surface area contributed by atoms with Crippen molar-refractivity contribution in [2.45, 2.75) is 23.1 Å². The second-order valence-corrected chi connectivity index (χ2v) is 11.1. The van der Waals surface area contributed by atoms with E-state index in [1.54, 1.807) is 30.3 Å². The van der Waals surface area contributed by atoms with Crippen molar-refractivity contribution in [1.29, 1.82) is 0 Å². The Balaban J connectivity index is 1.45. The van der Waals surface area contributed by atoms with Crippen LogP contribution < -0.4 is 15.0 Å². The van der Waals surface area contributed by atoms with Gasteiger partial charge in [-0.3, -0.25) is 29.9 Å². The second kappa shape index (κ2) is 10.9. The maximum absolute atomic E-state index is 13.3. The molecular weight excluding hydrogens is 557 g/mol. The van der Waals surface area contributed by atoms with Crippen molar-refractivity contribution < 1.29 is 19.2 Å². The zero-order chi connectivity index (χ0) is 27.7. The number of nitrogens with one attached hydrogen (secondary N) is 1. The molecule has 0 radical (unpaired) electrons. The number of fused-ring (bicyclic) bond motifs is 1. The van der Waals surface area contributed by atoms with E-state index in [9.17, 15) is 19.7 Å². The maximum atomic E-state index is 13.3. The van der Waals surface area contributed by atoms with Gasteiger partial charge in [0, 0.05) is 6.07 Å². The number of thiazole rings is 1. The Hall–Kier alpha value is -4.13. The molecule has 5 rings (SSSR count). The van der Waals surface area contributed by atoms with Crippen LogP contribution in [-0.4, -0.2) is 33.4 Å². The van der Waals surface area contributed by atoms with Gasteiger partial charge in [0.2, 0.25) is 0 Å². The number of nitro benzene ring substituents is 1. The Kier molecular flexibility index (Phi) is 7.42. The first-order chi connectivity index (χ1) is 18.7. The molecule has 0 unspecified atom stereocenters. The van der Waals surface area contributed by atoms with Gasteiger partial charge in [0.15, 0.2) is 9.45 Å². The van der Waals surface area contributed by atoms with E-state index in [0.29, 0.717) is 27.1 Å². The molecule has 39 heavy (non-hydrogen) atoms. The van der Waals surface area contributed by atoms with Gasteiger partial charge in [-0.25, -0.2) is 4.98 Å². The Morgan fingerprint density at radius 2 is 2.00 bits per heavy atom. The van der Waals surface area contributed by atoms with Crippen molar-refractivity contribution in [3.8, 4) is 5.75 Å². The van der Waals surface area contributed by atoms with Crippen LogP contribution in [0.4, 0.5) is 11.4 Å². The standard InChI is InChI=1S/C27H20N4O5S3/c1-3-36-18-8-9-20-23(14-18)39-27(28-20)38-22-10-7-16(13-21(22)31(34)35)12-19-24(32)29-26(37)30(25(19)33)17-6-4-5-15(2)11-17/h4-14H,3H2,1-2H3,(H,29,32,37)/b19-12+. The van der Waals surface area contributed by atoms with Crippen LogP contribution in [0, 0.1) is 17.0 Å². The van der Waals surface area contributed by atoms with E-state index < -0.39 is 16.7 Å². The summed E-state index contributed by atoms with van der Waals surface area (Å²) in [6.45, 7) is 4.33. The van der Waals surface area contributed by atoms with Crippen molar-refractivity contribution >= 4 is 79.9 Å². The minimum Gasteiger partial charge on any atom is -0.494 e. The number of amides is 2. The fourth-order valence-electron chi connectivity index (χ4n) is 3.96. The Bertz CT molecular complexity index is 1700. The maximum Gasteiger partial charge on any atom is 0.283 e. The SMILES string of the molecule is CCOc1ccc2nc(Sc3ccc(/C=C4\C(=O)NC(=S)N(c5cccc(C)c5)C4=O)cc3[N+](=O)[O-])sc2c1. The van der Waals surface area contributed by atoms with Gasteiger partial charge in [-0.15, -0.1) is 11.3 Å². The van der Waals surface area contributed by atoms with Gasteiger partial charge in [-0.05, 0) is 79.7 Å². The predicted molar refractivity (Wildman–Crippen MR) is 155 cm³/mol. The topological polar surface area (TPSA) is 115 Å². The molecule has 1 aromatic heterocycles. The number of nitrogens with zero attached hydrogens (tertiary/aromatic N) is 3. The van der Waals surface area contributed by atoms with Crippen molar-refractivity contribution in [3.63, 3.8) is 0 Å². The first-order valence-electron chi connectivity index (χ1n) is 11.7. The number of ether oxygens (including phenoxy) is 1. The number of benzene rings is 3. The Morgan fingerprint density at radius 1 is 1.18 bits per heavy atom. The summed E-state index contributed by atoms with van der Waals surface area (Å²) < 4.78 is 7.08. The number of carbonyl (C=O) groups excluding carboxylic acids is 2. The number of nitro groups is 1. The molecule has 1 aliphatic heterocycles. The molecule has 3 aromatic carbocycles. The molecule has 0 saturated carbocycles. The molecule has 4 aromatic rings. The fraction of sp³-hybridized carbons (Fsp3) is 0.111. The van der Waals surface area contributed by atoms with Crippen molar-refractivity contribution in [1.82, 2.24) is 10.3 Å². The predicted octanol–water partition coefficient (Wildman–Crippen LogP) is 5.89. The van der Waals surface area contributed by atoms with E-state index in [0.717, 1.165) is 21.5 Å². The lowest BCUT2D eigenvalue weighted by Crippen LogP contribution is -2.54. The molecule has 1 N–H and O–H groups in total. The van der Waals surface area contributed by atoms with Gasteiger partial charge in [-0.2, -0.15) is 0 Å².